The Morgan fingerprint density at radius 1 is 1.44 bits per heavy atom. The number of nitrogens with one attached hydrogen (secondary N) is 1. The first-order chi connectivity index (χ1) is 8.20. The number of esters is 1. The van der Waals surface area contributed by atoms with E-state index in [1.165, 1.54) is 6.92 Å². The molecule has 104 valence electrons. The molecule has 1 rings (SSSR count). The van der Waals surface area contributed by atoms with Gasteiger partial charge in [0.1, 0.15) is 12.1 Å². The van der Waals surface area contributed by atoms with Crippen LogP contribution in [0.4, 0.5) is 0 Å². The predicted molar refractivity (Wildman–Crippen MR) is 63.6 cm³/mol. The van der Waals surface area contributed by atoms with E-state index in [9.17, 15) is 18.0 Å². The van der Waals surface area contributed by atoms with E-state index in [2.05, 4.69) is 9.46 Å². The third kappa shape index (κ3) is 2.81. The Labute approximate surface area is 107 Å². The van der Waals surface area contributed by atoms with Crippen LogP contribution in [-0.2, 0) is 24.5 Å². The lowest BCUT2D eigenvalue weighted by Gasteiger charge is -2.19. The van der Waals surface area contributed by atoms with Crippen molar-refractivity contribution in [1.82, 2.24) is 9.03 Å². The fraction of sp³-hybridized carbons (Fsp3) is 0.800. The molecule has 0 aromatic carbocycles. The van der Waals surface area contributed by atoms with Crippen molar-refractivity contribution in [1.29, 1.82) is 0 Å². The molecule has 1 N–H and O–H groups in total. The minimum absolute atomic E-state index is 0.162. The Hall–Kier alpha value is -1.15. The van der Waals surface area contributed by atoms with E-state index >= 15 is 0 Å². The van der Waals surface area contributed by atoms with Crippen molar-refractivity contribution in [2.75, 3.05) is 7.11 Å². The highest BCUT2D eigenvalue weighted by Crippen LogP contribution is 2.21. The highest BCUT2D eigenvalue weighted by molar-refractivity contribution is 7.88. The Morgan fingerprint density at radius 2 is 2.00 bits per heavy atom. The van der Waals surface area contributed by atoms with E-state index in [0.717, 1.165) is 7.11 Å². The van der Waals surface area contributed by atoms with Gasteiger partial charge in [0.15, 0.2) is 0 Å². The van der Waals surface area contributed by atoms with Crippen molar-refractivity contribution in [2.45, 2.75) is 39.3 Å². The Kier molecular flexibility index (Phi) is 4.33. The Balaban J connectivity index is 2.98. The summed E-state index contributed by atoms with van der Waals surface area (Å²) in [5.74, 6) is -1.21. The number of ether oxygens (including phenoxy) is 1. The van der Waals surface area contributed by atoms with Gasteiger partial charge in [0.2, 0.25) is 0 Å². The summed E-state index contributed by atoms with van der Waals surface area (Å²) in [6.45, 7) is 5.09. The lowest BCUT2D eigenvalue weighted by atomic mass is 10.0. The van der Waals surface area contributed by atoms with Gasteiger partial charge in [0.05, 0.1) is 7.11 Å². The molecule has 1 saturated heterocycles. The van der Waals surface area contributed by atoms with Gasteiger partial charge in [-0.3, -0.25) is 4.79 Å². The lowest BCUT2D eigenvalue weighted by Crippen LogP contribution is -2.44. The summed E-state index contributed by atoms with van der Waals surface area (Å²) in [5.41, 5.74) is 0. The SMILES string of the molecule is COC(=O)C(C)N1C(=O)[C@H](CC(C)C)NS1(=O)=O. The number of nitrogens with zero attached hydrogens (tertiary/aromatic N) is 1. The summed E-state index contributed by atoms with van der Waals surface area (Å²) >= 11 is 0. The topological polar surface area (TPSA) is 92.8 Å². The molecule has 2 atom stereocenters. The van der Waals surface area contributed by atoms with Crippen LogP contribution in [0.3, 0.4) is 0 Å². The summed E-state index contributed by atoms with van der Waals surface area (Å²) < 4.78 is 30.9. The van der Waals surface area contributed by atoms with Crippen LogP contribution in [0.1, 0.15) is 27.2 Å². The summed E-state index contributed by atoms with van der Waals surface area (Å²) in [7, 11) is -2.81. The minimum atomic E-state index is -3.95. The normalized spacial score (nSPS) is 24.4. The second kappa shape index (κ2) is 5.23. The monoisotopic (exact) mass is 278 g/mol. The first kappa shape index (κ1) is 14.9. The molecule has 1 unspecified atom stereocenters. The van der Waals surface area contributed by atoms with E-state index in [0.29, 0.717) is 10.7 Å². The van der Waals surface area contributed by atoms with E-state index in [1.54, 1.807) is 0 Å². The molecule has 0 aromatic heterocycles. The number of carbonyl (C=O) groups excluding carboxylic acids is 2. The molecule has 1 fully saturated rings. The van der Waals surface area contributed by atoms with Gasteiger partial charge in [-0.15, -0.1) is 0 Å². The molecular weight excluding hydrogens is 260 g/mol. The molecular formula is C10H18N2O5S. The Bertz CT molecular complexity index is 445. The molecule has 0 spiro atoms. The number of methoxy groups -OCH3 is 1. The van der Waals surface area contributed by atoms with Gasteiger partial charge in [-0.2, -0.15) is 13.1 Å². The fourth-order valence-corrected chi connectivity index (χ4v) is 3.38. The summed E-state index contributed by atoms with van der Waals surface area (Å²) in [4.78, 5) is 23.3. The number of hydrogen-bond donors (Lipinski definition) is 1. The van der Waals surface area contributed by atoms with Crippen molar-refractivity contribution < 1.29 is 22.7 Å². The zero-order chi connectivity index (χ0) is 14.1. The zero-order valence-electron chi connectivity index (χ0n) is 10.8. The average molecular weight is 278 g/mol. The van der Waals surface area contributed by atoms with Crippen LogP contribution < -0.4 is 4.72 Å². The largest absolute Gasteiger partial charge is 0.467 e. The number of carbonyl (C=O) groups is 2. The van der Waals surface area contributed by atoms with Gasteiger partial charge in [-0.25, -0.2) is 9.10 Å². The van der Waals surface area contributed by atoms with Gasteiger partial charge < -0.3 is 4.74 Å². The minimum Gasteiger partial charge on any atom is -0.467 e. The first-order valence-electron chi connectivity index (χ1n) is 5.64. The van der Waals surface area contributed by atoms with Crippen LogP contribution in [-0.4, -0.2) is 43.8 Å². The second-order valence-corrected chi connectivity index (χ2v) is 6.22. The molecule has 0 radical (unpaired) electrons. The maximum atomic E-state index is 12.0. The molecule has 0 bridgehead atoms. The van der Waals surface area contributed by atoms with Gasteiger partial charge >= 0.3 is 16.2 Å². The smallest absolute Gasteiger partial charge is 0.329 e. The van der Waals surface area contributed by atoms with Gasteiger partial charge in [0, 0.05) is 0 Å². The van der Waals surface area contributed by atoms with Crippen molar-refractivity contribution in [3.05, 3.63) is 0 Å². The average Bonchev–Trinajstić information content (AvgIpc) is 2.46. The summed E-state index contributed by atoms with van der Waals surface area (Å²) in [6.07, 6.45) is 0.391. The number of hydrogen-bond acceptors (Lipinski definition) is 5. The molecule has 0 saturated carbocycles. The van der Waals surface area contributed by atoms with Crippen molar-refractivity contribution in [2.24, 2.45) is 5.92 Å². The molecule has 18 heavy (non-hydrogen) atoms. The molecule has 1 aliphatic heterocycles. The van der Waals surface area contributed by atoms with Gasteiger partial charge in [-0.05, 0) is 19.3 Å². The van der Waals surface area contributed by atoms with Gasteiger partial charge in [-0.1, -0.05) is 13.8 Å². The molecule has 8 heteroatoms. The predicted octanol–water partition coefficient (Wildman–Crippen LogP) is -0.361. The maximum absolute atomic E-state index is 12.0. The van der Waals surface area contributed by atoms with Crippen LogP contribution >= 0.6 is 0 Å². The highest BCUT2D eigenvalue weighted by Gasteiger charge is 2.47. The van der Waals surface area contributed by atoms with Crippen molar-refractivity contribution in [3.63, 3.8) is 0 Å². The first-order valence-corrected chi connectivity index (χ1v) is 7.08. The molecule has 0 aliphatic carbocycles. The second-order valence-electron chi connectivity index (χ2n) is 4.64. The third-order valence-corrected chi connectivity index (χ3v) is 4.26. The van der Waals surface area contributed by atoms with Crippen LogP contribution in [0, 0.1) is 5.92 Å². The van der Waals surface area contributed by atoms with Gasteiger partial charge in [0.25, 0.3) is 5.91 Å². The molecule has 7 nitrogen and oxygen atoms in total. The van der Waals surface area contributed by atoms with E-state index in [1.807, 2.05) is 13.8 Å². The Morgan fingerprint density at radius 3 is 2.44 bits per heavy atom. The summed E-state index contributed by atoms with van der Waals surface area (Å²) in [6, 6.07) is -1.96. The van der Waals surface area contributed by atoms with E-state index in [4.69, 9.17) is 0 Å². The van der Waals surface area contributed by atoms with Crippen molar-refractivity contribution in [3.8, 4) is 0 Å². The van der Waals surface area contributed by atoms with Crippen LogP contribution in [0.2, 0.25) is 0 Å². The number of amides is 1. The highest BCUT2D eigenvalue weighted by atomic mass is 32.2. The lowest BCUT2D eigenvalue weighted by molar-refractivity contribution is -0.148. The van der Waals surface area contributed by atoms with Crippen LogP contribution in [0.5, 0.6) is 0 Å². The molecule has 0 aromatic rings. The number of rotatable bonds is 4. The molecule has 1 amide bonds. The van der Waals surface area contributed by atoms with Crippen LogP contribution in [0.25, 0.3) is 0 Å². The zero-order valence-corrected chi connectivity index (χ0v) is 11.7. The standard InChI is InChI=1S/C10H18N2O5S/c1-6(2)5-8-9(13)12(18(15,16)11-8)7(3)10(14)17-4/h6-8,11H,5H2,1-4H3/t7?,8-/m0/s1. The van der Waals surface area contributed by atoms with E-state index in [-0.39, 0.29) is 5.92 Å². The molecule has 1 heterocycles. The maximum Gasteiger partial charge on any atom is 0.329 e. The summed E-state index contributed by atoms with van der Waals surface area (Å²) in [5, 5.41) is 0. The third-order valence-electron chi connectivity index (χ3n) is 2.67. The van der Waals surface area contributed by atoms with E-state index < -0.39 is 34.2 Å². The molecule has 1 aliphatic rings. The fourth-order valence-electron chi connectivity index (χ4n) is 1.84. The quantitative estimate of drug-likeness (QED) is 0.709. The van der Waals surface area contributed by atoms with Crippen molar-refractivity contribution >= 4 is 22.1 Å². The van der Waals surface area contributed by atoms with Crippen LogP contribution in [0.15, 0.2) is 0 Å².